The van der Waals surface area contributed by atoms with Crippen LogP contribution in [0.15, 0.2) is 24.3 Å². The molecule has 1 amide bonds. The van der Waals surface area contributed by atoms with E-state index in [0.29, 0.717) is 12.1 Å². The molecule has 0 saturated carbocycles. The highest BCUT2D eigenvalue weighted by Crippen LogP contribution is 2.11. The van der Waals surface area contributed by atoms with Crippen molar-refractivity contribution in [1.82, 2.24) is 0 Å². The molecule has 0 aliphatic carbocycles. The van der Waals surface area contributed by atoms with Gasteiger partial charge in [-0.25, -0.2) is 8.42 Å². The van der Waals surface area contributed by atoms with Gasteiger partial charge in [-0.15, -0.1) is 0 Å². The highest BCUT2D eigenvalue weighted by molar-refractivity contribution is 8.13. The molecule has 1 rings (SSSR count). The third-order valence-corrected chi connectivity index (χ3v) is 3.06. The van der Waals surface area contributed by atoms with Crippen molar-refractivity contribution in [2.45, 2.75) is 13.3 Å². The Kier molecular flexibility index (Phi) is 4.32. The third-order valence-electron chi connectivity index (χ3n) is 1.91. The molecule has 0 aromatic heterocycles. The summed E-state index contributed by atoms with van der Waals surface area (Å²) < 4.78 is 21.5. The third kappa shape index (κ3) is 5.14. The fourth-order valence-electron chi connectivity index (χ4n) is 1.20. The molecule has 0 radical (unpaired) electrons. The molecule has 0 fully saturated rings. The van der Waals surface area contributed by atoms with E-state index in [4.69, 9.17) is 10.7 Å². The molecular formula is C10H12ClNO3S. The van der Waals surface area contributed by atoms with Crippen molar-refractivity contribution in [3.8, 4) is 0 Å². The minimum absolute atomic E-state index is 0.0892. The highest BCUT2D eigenvalue weighted by atomic mass is 35.7. The summed E-state index contributed by atoms with van der Waals surface area (Å²) in [6.07, 6.45) is 0.367. The quantitative estimate of drug-likeness (QED) is 0.840. The largest absolute Gasteiger partial charge is 0.326 e. The lowest BCUT2D eigenvalue weighted by Gasteiger charge is -2.03. The van der Waals surface area contributed by atoms with Gasteiger partial charge in [0.1, 0.15) is 0 Å². The molecule has 0 aliphatic rings. The Morgan fingerprint density at radius 1 is 1.31 bits per heavy atom. The maximum absolute atomic E-state index is 10.7. The van der Waals surface area contributed by atoms with E-state index in [0.717, 1.165) is 5.56 Å². The smallest absolute Gasteiger partial charge is 0.232 e. The molecule has 88 valence electrons. The van der Waals surface area contributed by atoms with Crippen molar-refractivity contribution in [3.05, 3.63) is 29.8 Å². The van der Waals surface area contributed by atoms with Crippen LogP contribution in [0.3, 0.4) is 0 Å². The summed E-state index contributed by atoms with van der Waals surface area (Å²) in [5.74, 6) is -0.232. The number of amides is 1. The molecule has 0 unspecified atom stereocenters. The summed E-state index contributed by atoms with van der Waals surface area (Å²) in [7, 11) is 1.65. The molecule has 1 aromatic carbocycles. The average Bonchev–Trinajstić information content (AvgIpc) is 2.14. The van der Waals surface area contributed by atoms with Crippen molar-refractivity contribution in [2.24, 2.45) is 0 Å². The average molecular weight is 262 g/mol. The second-order valence-electron chi connectivity index (χ2n) is 3.37. The second kappa shape index (κ2) is 5.32. The zero-order valence-electron chi connectivity index (χ0n) is 8.73. The molecular weight excluding hydrogens is 250 g/mol. The molecule has 1 N–H and O–H groups in total. The van der Waals surface area contributed by atoms with E-state index in [2.05, 4.69) is 5.32 Å². The van der Waals surface area contributed by atoms with Crippen molar-refractivity contribution < 1.29 is 13.2 Å². The van der Waals surface area contributed by atoms with E-state index < -0.39 is 9.05 Å². The van der Waals surface area contributed by atoms with Gasteiger partial charge in [0.25, 0.3) is 0 Å². The van der Waals surface area contributed by atoms with Crippen molar-refractivity contribution in [2.75, 3.05) is 11.1 Å². The van der Waals surface area contributed by atoms with E-state index in [1.54, 1.807) is 24.3 Å². The Bertz CT molecular complexity index is 467. The minimum Gasteiger partial charge on any atom is -0.326 e. The van der Waals surface area contributed by atoms with Gasteiger partial charge in [-0.05, 0) is 24.1 Å². The van der Waals surface area contributed by atoms with Gasteiger partial charge in [0.05, 0.1) is 5.75 Å². The highest BCUT2D eigenvalue weighted by Gasteiger charge is 2.05. The molecule has 0 atom stereocenters. The van der Waals surface area contributed by atoms with E-state index in [1.807, 2.05) is 0 Å². The molecule has 1 aromatic rings. The van der Waals surface area contributed by atoms with Crippen LogP contribution in [0.25, 0.3) is 0 Å². The molecule has 0 aliphatic heterocycles. The molecule has 0 spiro atoms. The Balaban J connectivity index is 2.61. The molecule has 0 heterocycles. The topological polar surface area (TPSA) is 63.2 Å². The van der Waals surface area contributed by atoms with E-state index >= 15 is 0 Å². The Morgan fingerprint density at radius 3 is 2.31 bits per heavy atom. The van der Waals surface area contributed by atoms with E-state index in [1.165, 1.54) is 6.92 Å². The normalized spacial score (nSPS) is 11.1. The van der Waals surface area contributed by atoms with Gasteiger partial charge < -0.3 is 5.32 Å². The first-order valence-electron chi connectivity index (χ1n) is 4.66. The number of nitrogens with one attached hydrogen (secondary N) is 1. The lowest BCUT2D eigenvalue weighted by Crippen LogP contribution is -2.06. The molecule has 4 nitrogen and oxygen atoms in total. The summed E-state index contributed by atoms with van der Waals surface area (Å²) in [6.45, 7) is 1.42. The van der Waals surface area contributed by atoms with Gasteiger partial charge in [-0.3, -0.25) is 4.79 Å². The first-order chi connectivity index (χ1) is 7.37. The van der Waals surface area contributed by atoms with Gasteiger partial charge in [-0.2, -0.15) is 0 Å². The van der Waals surface area contributed by atoms with Crippen molar-refractivity contribution >= 4 is 31.3 Å². The minimum atomic E-state index is -3.45. The number of benzene rings is 1. The summed E-state index contributed by atoms with van der Waals surface area (Å²) in [6, 6.07) is 6.95. The number of rotatable bonds is 4. The molecule has 16 heavy (non-hydrogen) atoms. The Labute approximate surface area is 99.0 Å². The first-order valence-corrected chi connectivity index (χ1v) is 7.13. The van der Waals surface area contributed by atoms with Crippen molar-refractivity contribution in [1.29, 1.82) is 0 Å². The Morgan fingerprint density at radius 2 is 1.88 bits per heavy atom. The van der Waals surface area contributed by atoms with Gasteiger partial charge >= 0.3 is 0 Å². The Hall–Kier alpha value is -1.07. The fraction of sp³-hybridized carbons (Fsp3) is 0.300. The first kappa shape index (κ1) is 13.0. The van der Waals surface area contributed by atoms with Crippen LogP contribution in [0.5, 0.6) is 0 Å². The maximum Gasteiger partial charge on any atom is 0.232 e. The second-order valence-corrected chi connectivity index (χ2v) is 6.27. The van der Waals surface area contributed by atoms with Crippen LogP contribution in [0, 0.1) is 0 Å². The van der Waals surface area contributed by atoms with Crippen LogP contribution in [-0.4, -0.2) is 20.1 Å². The molecule has 0 bridgehead atoms. The lowest BCUT2D eigenvalue weighted by atomic mass is 10.1. The predicted molar refractivity (Wildman–Crippen MR) is 64.1 cm³/mol. The fourth-order valence-corrected chi connectivity index (χ4v) is 1.91. The van der Waals surface area contributed by atoms with Crippen molar-refractivity contribution in [3.63, 3.8) is 0 Å². The van der Waals surface area contributed by atoms with E-state index in [9.17, 15) is 13.2 Å². The SMILES string of the molecule is CC(=O)Nc1ccc(CCS(=O)(=O)Cl)cc1. The van der Waals surface area contributed by atoms with Crippen LogP contribution >= 0.6 is 10.7 Å². The van der Waals surface area contributed by atoms with Gasteiger partial charge in [0, 0.05) is 23.3 Å². The van der Waals surface area contributed by atoms with Gasteiger partial charge in [0.15, 0.2) is 0 Å². The zero-order valence-corrected chi connectivity index (χ0v) is 10.3. The van der Waals surface area contributed by atoms with Crippen LogP contribution in [0.4, 0.5) is 5.69 Å². The zero-order chi connectivity index (χ0) is 12.2. The molecule has 6 heteroatoms. The molecule has 0 saturated heterocycles. The number of aryl methyl sites for hydroxylation is 1. The van der Waals surface area contributed by atoms with Crippen LogP contribution in [-0.2, 0) is 20.3 Å². The predicted octanol–water partition coefficient (Wildman–Crippen LogP) is 1.76. The maximum atomic E-state index is 10.7. The summed E-state index contributed by atoms with van der Waals surface area (Å²) in [4.78, 5) is 10.7. The number of hydrogen-bond acceptors (Lipinski definition) is 3. The number of halogens is 1. The number of carbonyl (C=O) groups excluding carboxylic acids is 1. The van der Waals surface area contributed by atoms with Crippen LogP contribution < -0.4 is 5.32 Å². The summed E-state index contributed by atoms with van der Waals surface area (Å²) in [5.41, 5.74) is 1.54. The van der Waals surface area contributed by atoms with E-state index in [-0.39, 0.29) is 11.7 Å². The van der Waals surface area contributed by atoms with Gasteiger partial charge in [-0.1, -0.05) is 12.1 Å². The van der Waals surface area contributed by atoms with Crippen LogP contribution in [0.2, 0.25) is 0 Å². The standard InChI is InChI=1S/C10H12ClNO3S/c1-8(13)12-10-4-2-9(3-5-10)6-7-16(11,14)15/h2-5H,6-7H2,1H3,(H,12,13). The lowest BCUT2D eigenvalue weighted by molar-refractivity contribution is -0.114. The number of carbonyl (C=O) groups is 1. The number of hydrogen-bond donors (Lipinski definition) is 1. The monoisotopic (exact) mass is 261 g/mol. The van der Waals surface area contributed by atoms with Gasteiger partial charge in [0.2, 0.25) is 15.0 Å². The van der Waals surface area contributed by atoms with Crippen LogP contribution in [0.1, 0.15) is 12.5 Å². The summed E-state index contributed by atoms with van der Waals surface area (Å²) in [5, 5.41) is 2.62. The number of anilines is 1. The summed E-state index contributed by atoms with van der Waals surface area (Å²) >= 11 is 0.